The maximum atomic E-state index is 12.7. The SMILES string of the molecule is Cc1cccc(C(=O)N(C)C2CCC(C)(C)CC2)c1I. The zero-order valence-corrected chi connectivity index (χ0v) is 15.0. The first kappa shape index (κ1) is 15.8. The second-order valence-electron chi connectivity index (χ2n) is 6.75. The van der Waals surface area contributed by atoms with Gasteiger partial charge in [-0.15, -0.1) is 0 Å². The number of hydrogen-bond donors (Lipinski definition) is 0. The summed E-state index contributed by atoms with van der Waals surface area (Å²) in [6, 6.07) is 6.37. The van der Waals surface area contributed by atoms with E-state index in [1.54, 1.807) is 0 Å². The number of rotatable bonds is 2. The van der Waals surface area contributed by atoms with Crippen LogP contribution in [0.1, 0.15) is 55.5 Å². The Hall–Kier alpha value is -0.580. The highest BCUT2D eigenvalue weighted by molar-refractivity contribution is 14.1. The molecule has 2 nitrogen and oxygen atoms in total. The van der Waals surface area contributed by atoms with Crippen molar-refractivity contribution in [2.75, 3.05) is 7.05 Å². The quantitative estimate of drug-likeness (QED) is 0.680. The lowest BCUT2D eigenvalue weighted by Gasteiger charge is -2.38. The molecule has 1 aromatic carbocycles. The third-order valence-corrected chi connectivity index (χ3v) is 6.03. The fourth-order valence-electron chi connectivity index (χ4n) is 2.94. The Balaban J connectivity index is 2.11. The van der Waals surface area contributed by atoms with Gasteiger partial charge in [-0.05, 0) is 72.2 Å². The molecule has 0 aromatic heterocycles. The summed E-state index contributed by atoms with van der Waals surface area (Å²) in [5.74, 6) is 0.169. The van der Waals surface area contributed by atoms with Gasteiger partial charge in [0.1, 0.15) is 0 Å². The Bertz CT molecular complexity index is 500. The summed E-state index contributed by atoms with van der Waals surface area (Å²) in [5.41, 5.74) is 2.46. The molecule has 1 fully saturated rings. The third kappa shape index (κ3) is 3.35. The fourth-order valence-corrected chi connectivity index (χ4v) is 3.53. The van der Waals surface area contributed by atoms with E-state index < -0.39 is 0 Å². The van der Waals surface area contributed by atoms with Crippen LogP contribution in [0.25, 0.3) is 0 Å². The van der Waals surface area contributed by atoms with Crippen molar-refractivity contribution in [3.8, 4) is 0 Å². The largest absolute Gasteiger partial charge is 0.339 e. The normalized spacial score (nSPS) is 18.9. The number of carbonyl (C=O) groups is 1. The Morgan fingerprint density at radius 2 is 1.90 bits per heavy atom. The van der Waals surface area contributed by atoms with Gasteiger partial charge in [-0.3, -0.25) is 4.79 Å². The molecule has 20 heavy (non-hydrogen) atoms. The summed E-state index contributed by atoms with van der Waals surface area (Å²) in [4.78, 5) is 14.7. The highest BCUT2D eigenvalue weighted by Gasteiger charge is 2.31. The molecule has 0 saturated heterocycles. The zero-order chi connectivity index (χ0) is 14.9. The number of nitrogens with zero attached hydrogens (tertiary/aromatic N) is 1. The van der Waals surface area contributed by atoms with Gasteiger partial charge in [-0.1, -0.05) is 26.0 Å². The molecule has 0 heterocycles. The van der Waals surface area contributed by atoms with Crippen LogP contribution in [0.2, 0.25) is 0 Å². The van der Waals surface area contributed by atoms with Gasteiger partial charge in [0.05, 0.1) is 5.56 Å². The second kappa shape index (κ2) is 6.04. The van der Waals surface area contributed by atoms with Crippen LogP contribution in [0.5, 0.6) is 0 Å². The van der Waals surface area contributed by atoms with Crippen molar-refractivity contribution in [3.63, 3.8) is 0 Å². The van der Waals surface area contributed by atoms with Crippen LogP contribution in [0.4, 0.5) is 0 Å². The van der Waals surface area contributed by atoms with Gasteiger partial charge in [0.2, 0.25) is 0 Å². The molecular weight excluding hydrogens is 361 g/mol. The first-order chi connectivity index (χ1) is 9.32. The summed E-state index contributed by atoms with van der Waals surface area (Å²) < 4.78 is 1.08. The number of carbonyl (C=O) groups excluding carboxylic acids is 1. The van der Waals surface area contributed by atoms with Crippen molar-refractivity contribution in [1.82, 2.24) is 4.90 Å². The van der Waals surface area contributed by atoms with Crippen LogP contribution in [-0.4, -0.2) is 23.9 Å². The van der Waals surface area contributed by atoms with Gasteiger partial charge in [-0.25, -0.2) is 0 Å². The molecule has 0 radical (unpaired) electrons. The highest BCUT2D eigenvalue weighted by Crippen LogP contribution is 2.37. The Morgan fingerprint density at radius 3 is 2.50 bits per heavy atom. The summed E-state index contributed by atoms with van der Waals surface area (Å²) >= 11 is 2.28. The van der Waals surface area contributed by atoms with E-state index in [2.05, 4.69) is 49.4 Å². The molecule has 3 heteroatoms. The van der Waals surface area contributed by atoms with E-state index in [1.807, 2.05) is 24.1 Å². The minimum absolute atomic E-state index is 0.169. The van der Waals surface area contributed by atoms with Gasteiger partial charge in [0, 0.05) is 16.7 Å². The standard InChI is InChI=1S/C17H24INO/c1-12-6-5-7-14(15(12)18)16(20)19(4)13-8-10-17(2,3)11-9-13/h5-7,13H,8-11H2,1-4H3. The Kier molecular flexibility index (Phi) is 4.77. The summed E-state index contributed by atoms with van der Waals surface area (Å²) in [5, 5.41) is 0. The molecule has 1 aliphatic carbocycles. The van der Waals surface area contributed by atoms with Crippen LogP contribution in [0.15, 0.2) is 18.2 Å². The highest BCUT2D eigenvalue weighted by atomic mass is 127. The molecule has 0 N–H and O–H groups in total. The van der Waals surface area contributed by atoms with Gasteiger partial charge in [-0.2, -0.15) is 0 Å². The summed E-state index contributed by atoms with van der Waals surface area (Å²) in [7, 11) is 1.96. The van der Waals surface area contributed by atoms with Crippen molar-refractivity contribution in [2.24, 2.45) is 5.41 Å². The first-order valence-corrected chi connectivity index (χ1v) is 8.42. The van der Waals surface area contributed by atoms with Gasteiger partial charge in [0.25, 0.3) is 5.91 Å². The van der Waals surface area contributed by atoms with Crippen molar-refractivity contribution < 1.29 is 4.79 Å². The number of benzene rings is 1. The Labute approximate surface area is 136 Å². The predicted octanol–water partition coefficient (Wildman–Crippen LogP) is 4.64. The van der Waals surface area contributed by atoms with Crippen LogP contribution >= 0.6 is 22.6 Å². The molecule has 0 spiro atoms. The van der Waals surface area contributed by atoms with E-state index in [-0.39, 0.29) is 5.91 Å². The second-order valence-corrected chi connectivity index (χ2v) is 7.83. The maximum Gasteiger partial charge on any atom is 0.254 e. The zero-order valence-electron chi connectivity index (χ0n) is 12.9. The number of halogens is 1. The monoisotopic (exact) mass is 385 g/mol. The van der Waals surface area contributed by atoms with Crippen molar-refractivity contribution >= 4 is 28.5 Å². The summed E-state index contributed by atoms with van der Waals surface area (Å²) in [6.07, 6.45) is 4.66. The van der Waals surface area contributed by atoms with Crippen LogP contribution in [0.3, 0.4) is 0 Å². The number of amides is 1. The lowest BCUT2D eigenvalue weighted by atomic mass is 9.75. The molecule has 1 aliphatic rings. The average Bonchev–Trinajstić information content (AvgIpc) is 2.40. The minimum Gasteiger partial charge on any atom is -0.339 e. The van der Waals surface area contributed by atoms with Crippen molar-refractivity contribution in [1.29, 1.82) is 0 Å². The van der Waals surface area contributed by atoms with Crippen molar-refractivity contribution in [3.05, 3.63) is 32.9 Å². The van der Waals surface area contributed by atoms with Crippen LogP contribution in [-0.2, 0) is 0 Å². The maximum absolute atomic E-state index is 12.7. The van der Waals surface area contributed by atoms with Gasteiger partial charge >= 0.3 is 0 Å². The molecule has 1 aromatic rings. The fraction of sp³-hybridized carbons (Fsp3) is 0.588. The van der Waals surface area contributed by atoms with Gasteiger partial charge in [0.15, 0.2) is 0 Å². The first-order valence-electron chi connectivity index (χ1n) is 7.34. The molecule has 1 amide bonds. The van der Waals surface area contributed by atoms with E-state index >= 15 is 0 Å². The number of hydrogen-bond acceptors (Lipinski definition) is 1. The molecule has 1 saturated carbocycles. The van der Waals surface area contributed by atoms with Crippen LogP contribution < -0.4 is 0 Å². The molecule has 110 valence electrons. The lowest BCUT2D eigenvalue weighted by Crippen LogP contribution is -2.41. The van der Waals surface area contributed by atoms with E-state index in [9.17, 15) is 4.79 Å². The molecule has 0 bridgehead atoms. The minimum atomic E-state index is 0.169. The van der Waals surface area contributed by atoms with Gasteiger partial charge < -0.3 is 4.90 Å². The summed E-state index contributed by atoms with van der Waals surface area (Å²) in [6.45, 7) is 6.71. The molecule has 2 rings (SSSR count). The average molecular weight is 385 g/mol. The predicted molar refractivity (Wildman–Crippen MR) is 92.0 cm³/mol. The van der Waals surface area contributed by atoms with Crippen molar-refractivity contribution in [2.45, 2.75) is 52.5 Å². The topological polar surface area (TPSA) is 20.3 Å². The molecule has 0 unspecified atom stereocenters. The van der Waals surface area contributed by atoms with E-state index in [4.69, 9.17) is 0 Å². The molecular formula is C17H24INO. The molecule has 0 aliphatic heterocycles. The van der Waals surface area contributed by atoms with E-state index in [1.165, 1.54) is 18.4 Å². The third-order valence-electron chi connectivity index (χ3n) is 4.60. The molecule has 0 atom stereocenters. The lowest BCUT2D eigenvalue weighted by molar-refractivity contribution is 0.0634. The van der Waals surface area contributed by atoms with E-state index in [0.717, 1.165) is 22.0 Å². The number of aryl methyl sites for hydroxylation is 1. The van der Waals surface area contributed by atoms with E-state index in [0.29, 0.717) is 11.5 Å². The Morgan fingerprint density at radius 1 is 1.30 bits per heavy atom. The smallest absolute Gasteiger partial charge is 0.254 e. The van der Waals surface area contributed by atoms with Crippen LogP contribution in [0, 0.1) is 15.9 Å².